The number of urea groups is 1. The normalized spacial score (nSPS) is 14.6. The van der Waals surface area contributed by atoms with Gasteiger partial charge in [-0.2, -0.15) is 0 Å². The molecule has 0 aliphatic carbocycles. The highest BCUT2D eigenvalue weighted by molar-refractivity contribution is 7.13. The van der Waals surface area contributed by atoms with E-state index in [-0.39, 0.29) is 6.03 Å². The number of fused-ring (bicyclic) bond motifs is 1. The lowest BCUT2D eigenvalue weighted by molar-refractivity contribution is 0.134. The largest absolute Gasteiger partial charge is 0.334 e. The second-order valence-corrected chi connectivity index (χ2v) is 8.93. The highest BCUT2D eigenvalue weighted by Crippen LogP contribution is 2.24. The number of aromatic nitrogens is 1. The van der Waals surface area contributed by atoms with Crippen LogP contribution in [-0.2, 0) is 13.1 Å². The van der Waals surface area contributed by atoms with Crippen LogP contribution in [0.15, 0.2) is 78.2 Å². The van der Waals surface area contributed by atoms with Gasteiger partial charge in [-0.25, -0.2) is 9.78 Å². The molecule has 1 saturated heterocycles. The van der Waals surface area contributed by atoms with E-state index in [0.29, 0.717) is 6.54 Å². The van der Waals surface area contributed by atoms with Gasteiger partial charge in [-0.3, -0.25) is 4.90 Å². The van der Waals surface area contributed by atoms with Crippen LogP contribution in [0.3, 0.4) is 0 Å². The van der Waals surface area contributed by atoms with Crippen molar-refractivity contribution in [1.29, 1.82) is 0 Å². The summed E-state index contributed by atoms with van der Waals surface area (Å²) < 4.78 is 0. The molecule has 0 spiro atoms. The summed E-state index contributed by atoms with van der Waals surface area (Å²) in [5.41, 5.74) is 3.41. The third-order valence-corrected chi connectivity index (χ3v) is 6.87. The first-order valence-corrected chi connectivity index (χ1v) is 11.9. The van der Waals surface area contributed by atoms with Crippen LogP contribution in [0.4, 0.5) is 4.79 Å². The molecule has 162 valence electrons. The summed E-state index contributed by atoms with van der Waals surface area (Å²) in [7, 11) is 0. The zero-order valence-electron chi connectivity index (χ0n) is 17.9. The monoisotopic (exact) mass is 442 g/mol. The van der Waals surface area contributed by atoms with Crippen LogP contribution in [0, 0.1) is 0 Å². The minimum atomic E-state index is 0.0117. The minimum absolute atomic E-state index is 0.0117. The molecule has 1 N–H and O–H groups in total. The Morgan fingerprint density at radius 2 is 1.66 bits per heavy atom. The van der Waals surface area contributed by atoms with Crippen molar-refractivity contribution in [3.05, 3.63) is 89.4 Å². The van der Waals surface area contributed by atoms with Crippen molar-refractivity contribution in [2.24, 2.45) is 0 Å². The molecule has 0 saturated carbocycles. The van der Waals surface area contributed by atoms with Crippen LogP contribution in [-0.4, -0.2) is 47.0 Å². The van der Waals surface area contributed by atoms with E-state index in [9.17, 15) is 4.79 Å². The van der Waals surface area contributed by atoms with Crippen LogP contribution < -0.4 is 5.32 Å². The van der Waals surface area contributed by atoms with Crippen molar-refractivity contribution in [2.45, 2.75) is 13.1 Å². The Kier molecular flexibility index (Phi) is 6.14. The summed E-state index contributed by atoms with van der Waals surface area (Å²) >= 11 is 1.69. The molecule has 3 aromatic carbocycles. The molecular formula is C26H26N4OS. The van der Waals surface area contributed by atoms with Crippen molar-refractivity contribution >= 4 is 28.1 Å². The quantitative estimate of drug-likeness (QED) is 0.474. The standard InChI is InChI=1S/C26H26N4OS/c31-26(27-17-22-11-6-10-20-7-4-5-12-24(20)22)30-15-13-29(14-16-30)18-23-19-32-25(28-23)21-8-2-1-3-9-21/h1-12,19H,13-18H2,(H,27,31). The van der Waals surface area contributed by atoms with E-state index in [1.165, 1.54) is 10.8 Å². The van der Waals surface area contributed by atoms with Gasteiger partial charge in [0, 0.05) is 50.2 Å². The summed E-state index contributed by atoms with van der Waals surface area (Å²) in [5, 5.41) is 8.70. The van der Waals surface area contributed by atoms with Crippen molar-refractivity contribution in [1.82, 2.24) is 20.1 Å². The van der Waals surface area contributed by atoms with E-state index in [1.807, 2.05) is 41.3 Å². The van der Waals surface area contributed by atoms with Gasteiger partial charge in [0.1, 0.15) is 5.01 Å². The van der Waals surface area contributed by atoms with E-state index in [0.717, 1.165) is 54.6 Å². The molecule has 4 aromatic rings. The highest BCUT2D eigenvalue weighted by Gasteiger charge is 2.21. The van der Waals surface area contributed by atoms with Crippen molar-refractivity contribution in [2.75, 3.05) is 26.2 Å². The molecule has 1 aliphatic rings. The Morgan fingerprint density at radius 3 is 2.50 bits per heavy atom. The van der Waals surface area contributed by atoms with Crippen molar-refractivity contribution in [3.63, 3.8) is 0 Å². The molecule has 0 radical (unpaired) electrons. The topological polar surface area (TPSA) is 48.5 Å². The smallest absolute Gasteiger partial charge is 0.317 e. The molecule has 0 bridgehead atoms. The number of hydrogen-bond acceptors (Lipinski definition) is 4. The van der Waals surface area contributed by atoms with Gasteiger partial charge in [-0.05, 0) is 16.3 Å². The molecule has 0 unspecified atom stereocenters. The lowest BCUT2D eigenvalue weighted by Crippen LogP contribution is -2.51. The zero-order chi connectivity index (χ0) is 21.8. The molecule has 6 heteroatoms. The number of benzene rings is 3. The second-order valence-electron chi connectivity index (χ2n) is 8.07. The van der Waals surface area contributed by atoms with Gasteiger partial charge in [0.15, 0.2) is 0 Å². The van der Waals surface area contributed by atoms with Gasteiger partial charge in [-0.15, -0.1) is 11.3 Å². The Hall–Kier alpha value is -3.22. The number of nitrogens with one attached hydrogen (secondary N) is 1. The first kappa shape index (κ1) is 20.7. The summed E-state index contributed by atoms with van der Waals surface area (Å²) in [6.45, 7) is 4.56. The molecule has 32 heavy (non-hydrogen) atoms. The van der Waals surface area contributed by atoms with Gasteiger partial charge in [0.25, 0.3) is 0 Å². The number of hydrogen-bond donors (Lipinski definition) is 1. The first-order chi connectivity index (χ1) is 15.8. The SMILES string of the molecule is O=C(NCc1cccc2ccccc12)N1CCN(Cc2csc(-c3ccccc3)n2)CC1. The second kappa shape index (κ2) is 9.51. The van der Waals surface area contributed by atoms with E-state index < -0.39 is 0 Å². The summed E-state index contributed by atoms with van der Waals surface area (Å²) in [6, 6.07) is 24.8. The van der Waals surface area contributed by atoms with E-state index in [1.54, 1.807) is 11.3 Å². The lowest BCUT2D eigenvalue weighted by atomic mass is 10.0. The fraction of sp³-hybridized carbons (Fsp3) is 0.231. The summed E-state index contributed by atoms with van der Waals surface area (Å²) in [5.74, 6) is 0. The number of carbonyl (C=O) groups is 1. The molecule has 2 amide bonds. The third-order valence-electron chi connectivity index (χ3n) is 5.93. The maximum absolute atomic E-state index is 12.7. The molecule has 5 rings (SSSR count). The predicted octanol–water partition coefficient (Wildman–Crippen LogP) is 4.99. The maximum Gasteiger partial charge on any atom is 0.317 e. The first-order valence-electron chi connectivity index (χ1n) is 11.0. The molecular weight excluding hydrogens is 416 g/mol. The van der Waals surface area contributed by atoms with Gasteiger partial charge < -0.3 is 10.2 Å². The maximum atomic E-state index is 12.7. The minimum Gasteiger partial charge on any atom is -0.334 e. The van der Waals surface area contributed by atoms with Gasteiger partial charge >= 0.3 is 6.03 Å². The van der Waals surface area contributed by atoms with Gasteiger partial charge in [-0.1, -0.05) is 72.8 Å². The number of rotatable bonds is 5. The van der Waals surface area contributed by atoms with Crippen LogP contribution in [0.2, 0.25) is 0 Å². The van der Waals surface area contributed by atoms with E-state index in [4.69, 9.17) is 4.98 Å². The van der Waals surface area contributed by atoms with Crippen LogP contribution in [0.5, 0.6) is 0 Å². The molecule has 1 aromatic heterocycles. The van der Waals surface area contributed by atoms with Crippen molar-refractivity contribution in [3.8, 4) is 10.6 Å². The molecule has 1 fully saturated rings. The van der Waals surface area contributed by atoms with Crippen molar-refractivity contribution < 1.29 is 4.79 Å². The highest BCUT2D eigenvalue weighted by atomic mass is 32.1. The van der Waals surface area contributed by atoms with Gasteiger partial charge in [0.2, 0.25) is 0 Å². The molecule has 5 nitrogen and oxygen atoms in total. The summed E-state index contributed by atoms with van der Waals surface area (Å²) in [6.07, 6.45) is 0. The number of piperazine rings is 1. The molecule has 0 atom stereocenters. The number of thiazole rings is 1. The van der Waals surface area contributed by atoms with E-state index >= 15 is 0 Å². The summed E-state index contributed by atoms with van der Waals surface area (Å²) in [4.78, 5) is 21.8. The van der Waals surface area contributed by atoms with Crippen LogP contribution >= 0.6 is 11.3 Å². The molecule has 1 aliphatic heterocycles. The Labute approximate surface area is 192 Å². The lowest BCUT2D eigenvalue weighted by Gasteiger charge is -2.34. The van der Waals surface area contributed by atoms with Crippen LogP contribution in [0.25, 0.3) is 21.3 Å². The zero-order valence-corrected chi connectivity index (χ0v) is 18.7. The van der Waals surface area contributed by atoms with Gasteiger partial charge in [0.05, 0.1) is 5.69 Å². The average Bonchev–Trinajstić information content (AvgIpc) is 3.32. The van der Waals surface area contributed by atoms with Crippen LogP contribution in [0.1, 0.15) is 11.3 Å². The Balaban J connectivity index is 1.12. The number of nitrogens with zero attached hydrogens (tertiary/aromatic N) is 3. The predicted molar refractivity (Wildman–Crippen MR) is 131 cm³/mol. The fourth-order valence-corrected chi connectivity index (χ4v) is 4.98. The molecule has 2 heterocycles. The number of amides is 2. The fourth-order valence-electron chi connectivity index (χ4n) is 4.16. The number of carbonyl (C=O) groups excluding carboxylic acids is 1. The van der Waals surface area contributed by atoms with E-state index in [2.05, 4.69) is 52.0 Å². The average molecular weight is 443 g/mol. The Morgan fingerprint density at radius 1 is 0.906 bits per heavy atom. The third kappa shape index (κ3) is 4.66. The Bertz CT molecular complexity index is 1190.